The Morgan fingerprint density at radius 3 is 2.60 bits per heavy atom. The molecule has 0 amide bonds. The quantitative estimate of drug-likeness (QED) is 0.507. The molecular weight excluding hydrogens is 396 g/mol. The Balaban J connectivity index is 2.37. The van der Waals surface area contributed by atoms with Gasteiger partial charge in [-0.25, -0.2) is 9.59 Å². The third-order valence-electron chi connectivity index (χ3n) is 3.48. The largest absolute Gasteiger partial charge is 0.478 e. The lowest BCUT2D eigenvalue weighted by Gasteiger charge is -2.13. The Morgan fingerprint density at radius 1 is 1.24 bits per heavy atom. The van der Waals surface area contributed by atoms with Crippen molar-refractivity contribution in [2.75, 3.05) is 27.4 Å². The van der Waals surface area contributed by atoms with E-state index in [9.17, 15) is 9.59 Å². The second-order valence-corrected chi connectivity index (χ2v) is 6.08. The summed E-state index contributed by atoms with van der Waals surface area (Å²) in [6, 6.07) is 3.30. The number of rotatable bonds is 7. The molecule has 0 aliphatic carbocycles. The van der Waals surface area contributed by atoms with E-state index in [1.54, 1.807) is 26.0 Å². The Bertz CT molecular complexity index is 781. The first-order valence-electron chi connectivity index (χ1n) is 7.52. The topological polar surface area (TPSA) is 84.2 Å². The summed E-state index contributed by atoms with van der Waals surface area (Å²) >= 11 is 3.37. The van der Waals surface area contributed by atoms with Crippen molar-refractivity contribution < 1.29 is 33.0 Å². The van der Waals surface area contributed by atoms with Gasteiger partial charge in [0.25, 0.3) is 0 Å². The zero-order valence-electron chi connectivity index (χ0n) is 14.4. The standard InChI is InChI=1S/C17H19BrO7/c1-9-15(17(20)23-6-5-21-3)11-7-14(12(18)8-13(11)24-9)25-10(2)16(19)22-4/h7-8,10H,5-6H2,1-4H3. The van der Waals surface area contributed by atoms with Crippen LogP contribution in [0, 0.1) is 6.92 Å². The number of hydrogen-bond acceptors (Lipinski definition) is 7. The van der Waals surface area contributed by atoms with Gasteiger partial charge in [-0.2, -0.15) is 0 Å². The predicted octanol–water partition coefficient (Wildman–Crippen LogP) is 3.25. The van der Waals surface area contributed by atoms with Gasteiger partial charge in [0.2, 0.25) is 0 Å². The third kappa shape index (κ3) is 4.32. The van der Waals surface area contributed by atoms with Crippen molar-refractivity contribution in [3.8, 4) is 5.75 Å². The van der Waals surface area contributed by atoms with E-state index in [0.29, 0.717) is 39.1 Å². The van der Waals surface area contributed by atoms with Crippen LogP contribution < -0.4 is 4.74 Å². The summed E-state index contributed by atoms with van der Waals surface area (Å²) in [4.78, 5) is 23.9. The van der Waals surface area contributed by atoms with Gasteiger partial charge in [0.05, 0.1) is 18.2 Å². The number of halogens is 1. The lowest BCUT2D eigenvalue weighted by molar-refractivity contribution is -0.147. The number of carbonyl (C=O) groups is 2. The van der Waals surface area contributed by atoms with Gasteiger partial charge in [-0.1, -0.05) is 0 Å². The number of methoxy groups -OCH3 is 2. The number of hydrogen-bond donors (Lipinski definition) is 0. The lowest BCUT2D eigenvalue weighted by atomic mass is 10.1. The van der Waals surface area contributed by atoms with Gasteiger partial charge in [-0.05, 0) is 41.9 Å². The molecule has 1 unspecified atom stereocenters. The highest BCUT2D eigenvalue weighted by molar-refractivity contribution is 9.10. The highest BCUT2D eigenvalue weighted by Crippen LogP contribution is 2.35. The van der Waals surface area contributed by atoms with Crippen molar-refractivity contribution in [1.29, 1.82) is 0 Å². The van der Waals surface area contributed by atoms with Crippen molar-refractivity contribution in [2.24, 2.45) is 0 Å². The van der Waals surface area contributed by atoms with Gasteiger partial charge in [0.1, 0.15) is 29.3 Å². The summed E-state index contributed by atoms with van der Waals surface area (Å²) in [5.74, 6) is -0.197. The molecule has 2 rings (SSSR count). The number of aryl methyl sites for hydroxylation is 1. The summed E-state index contributed by atoms with van der Waals surface area (Å²) in [6.07, 6.45) is -0.802. The normalized spacial score (nSPS) is 12.0. The van der Waals surface area contributed by atoms with Crippen molar-refractivity contribution >= 4 is 38.8 Å². The molecule has 0 saturated carbocycles. The molecule has 0 bridgehead atoms. The number of carbonyl (C=O) groups excluding carboxylic acids is 2. The average molecular weight is 415 g/mol. The fraction of sp³-hybridized carbons (Fsp3) is 0.412. The maximum absolute atomic E-state index is 12.3. The van der Waals surface area contributed by atoms with Gasteiger partial charge in [0.15, 0.2) is 6.10 Å². The third-order valence-corrected chi connectivity index (χ3v) is 4.10. The molecule has 136 valence electrons. The van der Waals surface area contributed by atoms with E-state index in [1.807, 2.05) is 0 Å². The molecule has 1 aromatic carbocycles. The van der Waals surface area contributed by atoms with Gasteiger partial charge < -0.3 is 23.4 Å². The first-order chi connectivity index (χ1) is 11.9. The molecule has 0 fully saturated rings. The van der Waals surface area contributed by atoms with E-state index in [0.717, 1.165) is 0 Å². The van der Waals surface area contributed by atoms with E-state index in [4.69, 9.17) is 18.6 Å². The Kier molecular flexibility index (Phi) is 6.44. The Hall–Kier alpha value is -2.06. The van der Waals surface area contributed by atoms with Crippen LogP contribution in [0.25, 0.3) is 11.0 Å². The second kappa shape index (κ2) is 8.35. The minimum absolute atomic E-state index is 0.140. The molecule has 0 saturated heterocycles. The molecule has 0 spiro atoms. The highest BCUT2D eigenvalue weighted by atomic mass is 79.9. The van der Waals surface area contributed by atoms with E-state index in [-0.39, 0.29) is 6.61 Å². The zero-order chi connectivity index (χ0) is 18.6. The summed E-state index contributed by atoms with van der Waals surface area (Å²) in [7, 11) is 2.81. The predicted molar refractivity (Wildman–Crippen MR) is 92.9 cm³/mol. The summed E-state index contributed by atoms with van der Waals surface area (Å²) in [5, 5.41) is 0.537. The molecule has 8 heteroatoms. The SMILES string of the molecule is COCCOC(=O)c1c(C)oc2cc(Br)c(OC(C)C(=O)OC)cc12. The van der Waals surface area contributed by atoms with Crippen LogP contribution in [0.2, 0.25) is 0 Å². The fourth-order valence-corrected chi connectivity index (χ4v) is 2.67. The van der Waals surface area contributed by atoms with Crippen LogP contribution in [0.1, 0.15) is 23.0 Å². The summed E-state index contributed by atoms with van der Waals surface area (Å²) < 4.78 is 26.5. The first-order valence-corrected chi connectivity index (χ1v) is 8.31. The summed E-state index contributed by atoms with van der Waals surface area (Å²) in [6.45, 7) is 3.69. The van der Waals surface area contributed by atoms with E-state index in [2.05, 4.69) is 20.7 Å². The fourth-order valence-electron chi connectivity index (χ4n) is 2.26. The molecule has 1 heterocycles. The van der Waals surface area contributed by atoms with Crippen LogP contribution in [0.15, 0.2) is 21.0 Å². The van der Waals surface area contributed by atoms with Crippen LogP contribution >= 0.6 is 15.9 Å². The Morgan fingerprint density at radius 2 is 1.96 bits per heavy atom. The van der Waals surface area contributed by atoms with E-state index >= 15 is 0 Å². The van der Waals surface area contributed by atoms with Crippen LogP contribution in [-0.4, -0.2) is 45.5 Å². The van der Waals surface area contributed by atoms with E-state index in [1.165, 1.54) is 14.2 Å². The maximum atomic E-state index is 12.3. The highest BCUT2D eigenvalue weighted by Gasteiger charge is 2.23. The smallest absolute Gasteiger partial charge is 0.346 e. The second-order valence-electron chi connectivity index (χ2n) is 5.22. The van der Waals surface area contributed by atoms with Gasteiger partial charge in [0, 0.05) is 12.5 Å². The number of furan rings is 1. The summed E-state index contributed by atoms with van der Waals surface area (Å²) in [5.41, 5.74) is 0.815. The van der Waals surface area contributed by atoms with Gasteiger partial charge >= 0.3 is 11.9 Å². The molecule has 0 radical (unpaired) electrons. The van der Waals surface area contributed by atoms with Crippen molar-refractivity contribution in [2.45, 2.75) is 20.0 Å². The number of esters is 2. The van der Waals surface area contributed by atoms with Crippen LogP contribution in [-0.2, 0) is 19.0 Å². The van der Waals surface area contributed by atoms with Crippen molar-refractivity contribution in [1.82, 2.24) is 0 Å². The van der Waals surface area contributed by atoms with Crippen LogP contribution in [0.5, 0.6) is 5.75 Å². The minimum Gasteiger partial charge on any atom is -0.478 e. The molecule has 1 atom stereocenters. The first kappa shape index (κ1) is 19.3. The molecule has 7 nitrogen and oxygen atoms in total. The number of benzene rings is 1. The molecule has 0 aliphatic rings. The van der Waals surface area contributed by atoms with Crippen molar-refractivity contribution in [3.63, 3.8) is 0 Å². The van der Waals surface area contributed by atoms with Gasteiger partial charge in [-0.3, -0.25) is 0 Å². The molecule has 25 heavy (non-hydrogen) atoms. The van der Waals surface area contributed by atoms with Crippen LogP contribution in [0.4, 0.5) is 0 Å². The van der Waals surface area contributed by atoms with E-state index < -0.39 is 18.0 Å². The minimum atomic E-state index is -0.802. The monoisotopic (exact) mass is 414 g/mol. The molecule has 0 N–H and O–H groups in total. The molecular formula is C17H19BrO7. The average Bonchev–Trinajstić information content (AvgIpc) is 2.89. The maximum Gasteiger partial charge on any atom is 0.346 e. The number of fused-ring (bicyclic) bond motifs is 1. The van der Waals surface area contributed by atoms with Crippen molar-refractivity contribution in [3.05, 3.63) is 27.9 Å². The molecule has 1 aromatic heterocycles. The molecule has 0 aliphatic heterocycles. The van der Waals surface area contributed by atoms with Crippen LogP contribution in [0.3, 0.4) is 0 Å². The Labute approximate surface area is 153 Å². The van der Waals surface area contributed by atoms with Gasteiger partial charge in [-0.15, -0.1) is 0 Å². The zero-order valence-corrected chi connectivity index (χ0v) is 16.0. The molecule has 2 aromatic rings. The lowest BCUT2D eigenvalue weighted by Crippen LogP contribution is -2.25. The number of ether oxygens (including phenoxy) is 4.